The van der Waals surface area contributed by atoms with Gasteiger partial charge < -0.3 is 9.30 Å². The lowest BCUT2D eigenvalue weighted by atomic mass is 10.3. The van der Waals surface area contributed by atoms with Gasteiger partial charge in [0.15, 0.2) is 6.23 Å². The Morgan fingerprint density at radius 1 is 1.53 bits per heavy atom. The summed E-state index contributed by atoms with van der Waals surface area (Å²) in [4.78, 5) is 4.30. The molecule has 0 saturated carbocycles. The normalized spacial score (nSPS) is 12.9. The molecule has 0 fully saturated rings. The standard InChI is InChI=1S/C12H14N2O/c1-3-12(15-4-2)14-9-13-10-7-5-6-8-11(10)14/h3,5-9,12H,1,4H2,2H3. The molecule has 0 amide bonds. The van der Waals surface area contributed by atoms with Crippen molar-refractivity contribution in [1.29, 1.82) is 0 Å². The number of imidazole rings is 1. The summed E-state index contributed by atoms with van der Waals surface area (Å²) in [5.41, 5.74) is 2.04. The van der Waals surface area contributed by atoms with E-state index in [0.29, 0.717) is 6.61 Å². The van der Waals surface area contributed by atoms with E-state index < -0.39 is 0 Å². The fourth-order valence-corrected chi connectivity index (χ4v) is 1.61. The SMILES string of the molecule is C=CC(OCC)n1cnc2ccccc21. The van der Waals surface area contributed by atoms with E-state index in [1.54, 1.807) is 12.4 Å². The van der Waals surface area contributed by atoms with Gasteiger partial charge in [0.2, 0.25) is 0 Å². The average molecular weight is 202 g/mol. The quantitative estimate of drug-likeness (QED) is 0.713. The highest BCUT2D eigenvalue weighted by Crippen LogP contribution is 2.18. The van der Waals surface area contributed by atoms with Crippen molar-refractivity contribution >= 4 is 11.0 Å². The smallest absolute Gasteiger partial charge is 0.154 e. The summed E-state index contributed by atoms with van der Waals surface area (Å²) in [7, 11) is 0. The maximum absolute atomic E-state index is 5.55. The highest BCUT2D eigenvalue weighted by Gasteiger charge is 2.09. The number of fused-ring (bicyclic) bond motifs is 1. The van der Waals surface area contributed by atoms with Gasteiger partial charge in [-0.2, -0.15) is 0 Å². The van der Waals surface area contributed by atoms with Crippen molar-refractivity contribution in [3.05, 3.63) is 43.2 Å². The molecule has 0 spiro atoms. The van der Waals surface area contributed by atoms with Gasteiger partial charge in [0, 0.05) is 6.61 Å². The number of nitrogens with zero attached hydrogens (tertiary/aromatic N) is 2. The Morgan fingerprint density at radius 3 is 3.07 bits per heavy atom. The molecule has 15 heavy (non-hydrogen) atoms. The second kappa shape index (κ2) is 4.28. The third-order valence-corrected chi connectivity index (χ3v) is 2.29. The maximum atomic E-state index is 5.55. The number of benzene rings is 1. The molecule has 2 aromatic rings. The molecule has 1 heterocycles. The molecule has 0 saturated heterocycles. The molecule has 78 valence electrons. The summed E-state index contributed by atoms with van der Waals surface area (Å²) in [5.74, 6) is 0. The molecule has 1 unspecified atom stereocenters. The van der Waals surface area contributed by atoms with E-state index in [4.69, 9.17) is 4.74 Å². The predicted molar refractivity (Wildman–Crippen MR) is 60.6 cm³/mol. The van der Waals surface area contributed by atoms with E-state index in [0.717, 1.165) is 11.0 Å². The minimum atomic E-state index is -0.137. The Kier molecular flexibility index (Phi) is 2.83. The summed E-state index contributed by atoms with van der Waals surface area (Å²) in [6.07, 6.45) is 3.42. The zero-order chi connectivity index (χ0) is 10.7. The summed E-state index contributed by atoms with van der Waals surface area (Å²) in [5, 5.41) is 0. The molecule has 2 rings (SSSR count). The first-order chi connectivity index (χ1) is 7.36. The van der Waals surface area contributed by atoms with Gasteiger partial charge in [-0.15, -0.1) is 0 Å². The second-order valence-electron chi connectivity index (χ2n) is 3.22. The zero-order valence-electron chi connectivity index (χ0n) is 8.76. The summed E-state index contributed by atoms with van der Waals surface area (Å²) >= 11 is 0. The topological polar surface area (TPSA) is 27.1 Å². The zero-order valence-corrected chi connectivity index (χ0v) is 8.76. The first-order valence-corrected chi connectivity index (χ1v) is 5.02. The molecular formula is C12H14N2O. The lowest BCUT2D eigenvalue weighted by Gasteiger charge is -2.14. The molecule has 0 aliphatic heterocycles. The molecule has 0 aliphatic rings. The van der Waals surface area contributed by atoms with E-state index in [-0.39, 0.29) is 6.23 Å². The van der Waals surface area contributed by atoms with E-state index in [2.05, 4.69) is 11.6 Å². The number of rotatable bonds is 4. The van der Waals surface area contributed by atoms with E-state index in [1.165, 1.54) is 0 Å². The van der Waals surface area contributed by atoms with Crippen molar-refractivity contribution in [2.45, 2.75) is 13.2 Å². The van der Waals surface area contributed by atoms with Crippen LogP contribution in [0.15, 0.2) is 43.2 Å². The van der Waals surface area contributed by atoms with Crippen LogP contribution in [-0.4, -0.2) is 16.2 Å². The van der Waals surface area contributed by atoms with E-state index in [9.17, 15) is 0 Å². The number of hydrogen-bond donors (Lipinski definition) is 0. The van der Waals surface area contributed by atoms with Crippen LogP contribution in [0, 0.1) is 0 Å². The molecule has 0 bridgehead atoms. The van der Waals surface area contributed by atoms with Crippen LogP contribution in [0.1, 0.15) is 13.2 Å². The maximum Gasteiger partial charge on any atom is 0.154 e. The lowest BCUT2D eigenvalue weighted by Crippen LogP contribution is -2.08. The first-order valence-electron chi connectivity index (χ1n) is 5.02. The van der Waals surface area contributed by atoms with Gasteiger partial charge in [0.05, 0.1) is 17.4 Å². The van der Waals surface area contributed by atoms with Crippen molar-refractivity contribution in [2.24, 2.45) is 0 Å². The summed E-state index contributed by atoms with van der Waals surface area (Å²) in [6, 6.07) is 7.98. The van der Waals surface area contributed by atoms with Crippen LogP contribution in [0.5, 0.6) is 0 Å². The molecule has 3 heteroatoms. The number of hydrogen-bond acceptors (Lipinski definition) is 2. The van der Waals surface area contributed by atoms with Crippen LogP contribution < -0.4 is 0 Å². The van der Waals surface area contributed by atoms with Gasteiger partial charge >= 0.3 is 0 Å². The second-order valence-corrected chi connectivity index (χ2v) is 3.22. The van der Waals surface area contributed by atoms with Gasteiger partial charge in [-0.3, -0.25) is 0 Å². The van der Waals surface area contributed by atoms with Gasteiger partial charge in [-0.05, 0) is 25.1 Å². The van der Waals surface area contributed by atoms with Crippen LogP contribution >= 0.6 is 0 Å². The summed E-state index contributed by atoms with van der Waals surface area (Å²) < 4.78 is 7.53. The predicted octanol–water partition coefficient (Wildman–Crippen LogP) is 2.76. The van der Waals surface area contributed by atoms with Gasteiger partial charge in [0.1, 0.15) is 0 Å². The van der Waals surface area contributed by atoms with Crippen LogP contribution in [0.4, 0.5) is 0 Å². The molecule has 1 aromatic heterocycles. The minimum Gasteiger partial charge on any atom is -0.355 e. The Bertz CT molecular complexity index is 461. The molecule has 1 aromatic carbocycles. The van der Waals surface area contributed by atoms with Crippen molar-refractivity contribution in [2.75, 3.05) is 6.61 Å². The number of para-hydroxylation sites is 2. The first kappa shape index (κ1) is 9.93. The minimum absolute atomic E-state index is 0.137. The van der Waals surface area contributed by atoms with Crippen LogP contribution in [0.3, 0.4) is 0 Å². The lowest BCUT2D eigenvalue weighted by molar-refractivity contribution is 0.0499. The fraction of sp³-hybridized carbons (Fsp3) is 0.250. The highest BCUT2D eigenvalue weighted by molar-refractivity contribution is 5.75. The third-order valence-electron chi connectivity index (χ3n) is 2.29. The Hall–Kier alpha value is -1.61. The van der Waals surface area contributed by atoms with Crippen LogP contribution in [-0.2, 0) is 4.74 Å². The molecule has 0 N–H and O–H groups in total. The third kappa shape index (κ3) is 1.78. The van der Waals surface area contributed by atoms with Crippen molar-refractivity contribution in [3.8, 4) is 0 Å². The molecule has 0 aliphatic carbocycles. The van der Waals surface area contributed by atoms with Gasteiger partial charge in [-0.25, -0.2) is 4.98 Å². The highest BCUT2D eigenvalue weighted by atomic mass is 16.5. The Balaban J connectivity index is 2.46. The number of ether oxygens (including phenoxy) is 1. The Labute approximate surface area is 89.0 Å². The van der Waals surface area contributed by atoms with Crippen LogP contribution in [0.2, 0.25) is 0 Å². The monoisotopic (exact) mass is 202 g/mol. The van der Waals surface area contributed by atoms with Crippen molar-refractivity contribution in [3.63, 3.8) is 0 Å². The molecule has 0 radical (unpaired) electrons. The molecular weight excluding hydrogens is 188 g/mol. The van der Waals surface area contributed by atoms with Gasteiger partial charge in [-0.1, -0.05) is 18.7 Å². The van der Waals surface area contributed by atoms with Gasteiger partial charge in [0.25, 0.3) is 0 Å². The van der Waals surface area contributed by atoms with Crippen molar-refractivity contribution < 1.29 is 4.74 Å². The Morgan fingerprint density at radius 2 is 2.33 bits per heavy atom. The number of aromatic nitrogens is 2. The average Bonchev–Trinajstić information content (AvgIpc) is 2.70. The van der Waals surface area contributed by atoms with E-state index in [1.807, 2.05) is 35.8 Å². The van der Waals surface area contributed by atoms with Crippen molar-refractivity contribution in [1.82, 2.24) is 9.55 Å². The van der Waals surface area contributed by atoms with Crippen LogP contribution in [0.25, 0.3) is 11.0 Å². The largest absolute Gasteiger partial charge is 0.355 e. The fourth-order valence-electron chi connectivity index (χ4n) is 1.61. The molecule has 3 nitrogen and oxygen atoms in total. The van der Waals surface area contributed by atoms with E-state index >= 15 is 0 Å². The summed E-state index contributed by atoms with van der Waals surface area (Å²) in [6.45, 7) is 6.39. The molecule has 1 atom stereocenters.